The summed E-state index contributed by atoms with van der Waals surface area (Å²) in [6.07, 6.45) is 0. The SMILES string of the molecule is COc1ccccc1NC(=O)CN(c1ccccc1)S(=O)(=O)c1ccc(C)cc1. The number of para-hydroxylation sites is 3. The zero-order valence-electron chi connectivity index (χ0n) is 16.2. The molecule has 0 aliphatic carbocycles. The van der Waals surface area contributed by atoms with Gasteiger partial charge in [0.25, 0.3) is 10.0 Å². The van der Waals surface area contributed by atoms with Gasteiger partial charge < -0.3 is 10.1 Å². The number of sulfonamides is 1. The predicted molar refractivity (Wildman–Crippen MR) is 114 cm³/mol. The zero-order valence-corrected chi connectivity index (χ0v) is 17.0. The monoisotopic (exact) mass is 410 g/mol. The van der Waals surface area contributed by atoms with Crippen molar-refractivity contribution >= 4 is 27.3 Å². The summed E-state index contributed by atoms with van der Waals surface area (Å²) >= 11 is 0. The molecule has 0 bridgehead atoms. The van der Waals surface area contributed by atoms with Crippen molar-refractivity contribution in [2.75, 3.05) is 23.3 Å². The van der Waals surface area contributed by atoms with Crippen molar-refractivity contribution in [1.29, 1.82) is 0 Å². The van der Waals surface area contributed by atoms with Crippen LogP contribution in [0, 0.1) is 6.92 Å². The summed E-state index contributed by atoms with van der Waals surface area (Å²) in [7, 11) is -2.43. The molecule has 7 heteroatoms. The van der Waals surface area contributed by atoms with Gasteiger partial charge in [0.15, 0.2) is 0 Å². The number of ether oxygens (including phenoxy) is 1. The van der Waals surface area contributed by atoms with E-state index in [2.05, 4.69) is 5.32 Å². The van der Waals surface area contributed by atoms with Crippen LogP contribution in [0.2, 0.25) is 0 Å². The quantitative estimate of drug-likeness (QED) is 0.642. The van der Waals surface area contributed by atoms with Gasteiger partial charge in [-0.3, -0.25) is 9.10 Å². The minimum absolute atomic E-state index is 0.122. The van der Waals surface area contributed by atoms with E-state index in [4.69, 9.17) is 4.74 Å². The molecule has 0 saturated carbocycles. The smallest absolute Gasteiger partial charge is 0.264 e. The number of carbonyl (C=O) groups excluding carboxylic acids is 1. The van der Waals surface area contributed by atoms with Crippen LogP contribution in [0.25, 0.3) is 0 Å². The van der Waals surface area contributed by atoms with E-state index >= 15 is 0 Å². The number of rotatable bonds is 7. The maximum atomic E-state index is 13.3. The van der Waals surface area contributed by atoms with Crippen LogP contribution in [-0.2, 0) is 14.8 Å². The summed E-state index contributed by atoms with van der Waals surface area (Å²) in [5, 5.41) is 2.72. The number of nitrogens with zero attached hydrogens (tertiary/aromatic N) is 1. The highest BCUT2D eigenvalue weighted by atomic mass is 32.2. The summed E-state index contributed by atoms with van der Waals surface area (Å²) in [5.74, 6) is 0.0162. The third kappa shape index (κ3) is 4.75. The maximum Gasteiger partial charge on any atom is 0.264 e. The van der Waals surface area contributed by atoms with Gasteiger partial charge in [-0.05, 0) is 43.3 Å². The number of benzene rings is 3. The Hall–Kier alpha value is -3.32. The largest absolute Gasteiger partial charge is 0.495 e. The number of anilines is 2. The van der Waals surface area contributed by atoms with Crippen LogP contribution in [-0.4, -0.2) is 28.0 Å². The molecule has 0 saturated heterocycles. The molecule has 3 aromatic carbocycles. The number of amides is 1. The lowest BCUT2D eigenvalue weighted by Gasteiger charge is -2.24. The first-order valence-corrected chi connectivity index (χ1v) is 10.4. The van der Waals surface area contributed by atoms with Crippen LogP contribution in [0.4, 0.5) is 11.4 Å². The molecule has 6 nitrogen and oxygen atoms in total. The van der Waals surface area contributed by atoms with Crippen molar-refractivity contribution in [3.63, 3.8) is 0 Å². The number of aryl methyl sites for hydroxylation is 1. The van der Waals surface area contributed by atoms with Crippen LogP contribution in [0.5, 0.6) is 5.75 Å². The highest BCUT2D eigenvalue weighted by Crippen LogP contribution is 2.26. The Morgan fingerprint density at radius 3 is 2.21 bits per heavy atom. The van der Waals surface area contributed by atoms with E-state index in [1.807, 2.05) is 6.92 Å². The van der Waals surface area contributed by atoms with E-state index in [9.17, 15) is 13.2 Å². The molecule has 0 spiro atoms. The Morgan fingerprint density at radius 2 is 1.55 bits per heavy atom. The van der Waals surface area contributed by atoms with Crippen LogP contribution in [0.1, 0.15) is 5.56 Å². The first kappa shape index (κ1) is 20.4. The molecule has 29 heavy (non-hydrogen) atoms. The molecule has 0 aliphatic rings. The van der Waals surface area contributed by atoms with Crippen LogP contribution in [0.15, 0.2) is 83.8 Å². The maximum absolute atomic E-state index is 13.3. The summed E-state index contributed by atoms with van der Waals surface area (Å²) in [6, 6.07) is 22.0. The van der Waals surface area contributed by atoms with Crippen LogP contribution in [0.3, 0.4) is 0 Å². The molecule has 0 aliphatic heterocycles. The van der Waals surface area contributed by atoms with Gasteiger partial charge in [-0.2, -0.15) is 0 Å². The van der Waals surface area contributed by atoms with Crippen molar-refractivity contribution in [3.05, 3.63) is 84.4 Å². The molecule has 0 heterocycles. The van der Waals surface area contributed by atoms with E-state index < -0.39 is 15.9 Å². The summed E-state index contributed by atoms with van der Waals surface area (Å²) in [5.41, 5.74) is 1.83. The highest BCUT2D eigenvalue weighted by Gasteiger charge is 2.27. The number of carbonyl (C=O) groups is 1. The van der Waals surface area contributed by atoms with E-state index in [1.165, 1.54) is 7.11 Å². The molecule has 0 radical (unpaired) electrons. The molecule has 1 amide bonds. The topological polar surface area (TPSA) is 75.7 Å². The minimum Gasteiger partial charge on any atom is -0.495 e. The van der Waals surface area contributed by atoms with Crippen molar-refractivity contribution in [3.8, 4) is 5.75 Å². The van der Waals surface area contributed by atoms with Crippen LogP contribution >= 0.6 is 0 Å². The Kier molecular flexibility index (Phi) is 6.19. The van der Waals surface area contributed by atoms with Gasteiger partial charge in [0, 0.05) is 0 Å². The second kappa shape index (κ2) is 8.79. The third-order valence-electron chi connectivity index (χ3n) is 4.32. The minimum atomic E-state index is -3.93. The summed E-state index contributed by atoms with van der Waals surface area (Å²) in [4.78, 5) is 12.8. The number of hydrogen-bond acceptors (Lipinski definition) is 4. The third-order valence-corrected chi connectivity index (χ3v) is 6.11. The van der Waals surface area contributed by atoms with Crippen LogP contribution < -0.4 is 14.4 Å². The average Bonchev–Trinajstić information content (AvgIpc) is 2.73. The van der Waals surface area contributed by atoms with E-state index in [1.54, 1.807) is 78.9 Å². The van der Waals surface area contributed by atoms with Crippen molar-refractivity contribution in [2.45, 2.75) is 11.8 Å². The van der Waals surface area contributed by atoms with Gasteiger partial charge >= 0.3 is 0 Å². The molecule has 0 unspecified atom stereocenters. The van der Waals surface area contributed by atoms with Gasteiger partial charge in [0.2, 0.25) is 5.91 Å². The fraction of sp³-hybridized carbons (Fsp3) is 0.136. The van der Waals surface area contributed by atoms with Crippen molar-refractivity contribution in [1.82, 2.24) is 0 Å². The molecular formula is C22H22N2O4S. The van der Waals surface area contributed by atoms with E-state index in [0.717, 1.165) is 9.87 Å². The Labute approximate surface area is 170 Å². The molecule has 0 fully saturated rings. The molecule has 1 N–H and O–H groups in total. The highest BCUT2D eigenvalue weighted by molar-refractivity contribution is 7.92. The lowest BCUT2D eigenvalue weighted by molar-refractivity contribution is -0.114. The lowest BCUT2D eigenvalue weighted by atomic mass is 10.2. The summed E-state index contributed by atoms with van der Waals surface area (Å²) < 4.78 is 32.9. The Morgan fingerprint density at radius 1 is 0.931 bits per heavy atom. The fourth-order valence-electron chi connectivity index (χ4n) is 2.81. The fourth-order valence-corrected chi connectivity index (χ4v) is 4.24. The first-order chi connectivity index (χ1) is 13.9. The average molecular weight is 410 g/mol. The van der Waals surface area contributed by atoms with E-state index in [0.29, 0.717) is 17.1 Å². The molecular weight excluding hydrogens is 388 g/mol. The Bertz CT molecular complexity index is 1080. The van der Waals surface area contributed by atoms with Gasteiger partial charge in [-0.25, -0.2) is 8.42 Å². The number of nitrogens with one attached hydrogen (secondary N) is 1. The molecule has 3 rings (SSSR count). The molecule has 0 atom stereocenters. The number of hydrogen-bond donors (Lipinski definition) is 1. The lowest BCUT2D eigenvalue weighted by Crippen LogP contribution is -2.38. The molecule has 150 valence electrons. The van der Waals surface area contributed by atoms with Gasteiger partial charge in [-0.15, -0.1) is 0 Å². The summed E-state index contributed by atoms with van der Waals surface area (Å²) in [6.45, 7) is 1.50. The van der Waals surface area contributed by atoms with E-state index in [-0.39, 0.29) is 11.4 Å². The second-order valence-corrected chi connectivity index (χ2v) is 8.27. The van der Waals surface area contributed by atoms with Crippen molar-refractivity contribution in [2.24, 2.45) is 0 Å². The number of methoxy groups -OCH3 is 1. The second-order valence-electron chi connectivity index (χ2n) is 6.41. The first-order valence-electron chi connectivity index (χ1n) is 8.99. The van der Waals surface area contributed by atoms with Crippen molar-refractivity contribution < 1.29 is 17.9 Å². The van der Waals surface area contributed by atoms with Gasteiger partial charge in [0.05, 0.1) is 23.4 Å². The molecule has 0 aromatic heterocycles. The van der Waals surface area contributed by atoms with Gasteiger partial charge in [-0.1, -0.05) is 48.0 Å². The van der Waals surface area contributed by atoms with Gasteiger partial charge in [0.1, 0.15) is 12.3 Å². The Balaban J connectivity index is 1.92. The molecule has 3 aromatic rings. The predicted octanol–water partition coefficient (Wildman–Crippen LogP) is 3.84. The normalized spacial score (nSPS) is 11.0. The standard InChI is InChI=1S/C22H22N2O4S/c1-17-12-14-19(15-13-17)29(26,27)24(18-8-4-3-5-9-18)16-22(25)23-20-10-6-7-11-21(20)28-2/h3-15H,16H2,1-2H3,(H,23,25). The zero-order chi connectivity index (χ0) is 20.9.